The van der Waals surface area contributed by atoms with Crippen molar-refractivity contribution in [1.29, 1.82) is 0 Å². The van der Waals surface area contributed by atoms with Crippen LogP contribution in [0.2, 0.25) is 0 Å². The van der Waals surface area contributed by atoms with E-state index in [-0.39, 0.29) is 5.54 Å². The highest BCUT2D eigenvalue weighted by atomic mass is 16.3. The molecule has 1 fully saturated rings. The minimum Gasteiger partial charge on any atom is -0.440 e. The van der Waals surface area contributed by atoms with E-state index < -0.39 is 0 Å². The number of aromatic nitrogens is 1. The second-order valence-electron chi connectivity index (χ2n) is 7.25. The van der Waals surface area contributed by atoms with E-state index in [1.54, 1.807) is 0 Å². The molecule has 4 heteroatoms. The summed E-state index contributed by atoms with van der Waals surface area (Å²) in [7, 11) is 0. The molecule has 1 aromatic heterocycles. The van der Waals surface area contributed by atoms with Crippen LogP contribution in [0.3, 0.4) is 0 Å². The van der Waals surface area contributed by atoms with Gasteiger partial charge in [-0.15, -0.1) is 0 Å². The Bertz CT molecular complexity index is 866. The Hall–Kier alpha value is -2.23. The number of fused-ring (bicyclic) bond motifs is 2. The molecule has 0 N–H and O–H groups in total. The van der Waals surface area contributed by atoms with Crippen molar-refractivity contribution in [2.45, 2.75) is 56.9 Å². The van der Waals surface area contributed by atoms with Crippen LogP contribution in [0.4, 0.5) is 0 Å². The first-order chi connectivity index (χ1) is 11.7. The van der Waals surface area contributed by atoms with Gasteiger partial charge in [0.1, 0.15) is 5.52 Å². The molecule has 24 heavy (non-hydrogen) atoms. The number of hydrogen-bond acceptors (Lipinski definition) is 4. The molecule has 1 saturated carbocycles. The standard InChI is InChI=1S/C20H20N2O2/c23-16-7-3-5-13-11-14(22-20(19(13)16)9-4-10-20)12-18-21-15-6-1-2-8-17(15)24-18/h1-2,6,8H,3-5,7,9-12H2. The largest absolute Gasteiger partial charge is 0.440 e. The SMILES string of the molecule is O=C1CCCC2=C1C1(CCC1)N=C(Cc1nc3ccccc3o1)C2. The number of carbonyl (C=O) groups is 1. The van der Waals surface area contributed by atoms with Gasteiger partial charge >= 0.3 is 0 Å². The van der Waals surface area contributed by atoms with Crippen LogP contribution >= 0.6 is 0 Å². The fourth-order valence-electron chi connectivity index (χ4n) is 4.46. The lowest BCUT2D eigenvalue weighted by Gasteiger charge is -2.45. The summed E-state index contributed by atoms with van der Waals surface area (Å²) in [4.78, 5) is 22.1. The molecular weight excluding hydrogens is 300 g/mol. The van der Waals surface area contributed by atoms with Gasteiger partial charge in [-0.25, -0.2) is 4.98 Å². The topological polar surface area (TPSA) is 55.5 Å². The lowest BCUT2D eigenvalue weighted by molar-refractivity contribution is -0.117. The maximum atomic E-state index is 12.5. The molecule has 0 bridgehead atoms. The van der Waals surface area contributed by atoms with E-state index in [9.17, 15) is 4.79 Å². The van der Waals surface area contributed by atoms with Gasteiger partial charge in [0, 0.05) is 24.1 Å². The van der Waals surface area contributed by atoms with Crippen molar-refractivity contribution in [3.8, 4) is 0 Å². The highest BCUT2D eigenvalue weighted by Gasteiger charge is 2.47. The number of hydrogen-bond donors (Lipinski definition) is 0. The van der Waals surface area contributed by atoms with Crippen LogP contribution in [-0.2, 0) is 11.2 Å². The first-order valence-electron chi connectivity index (χ1n) is 8.91. The van der Waals surface area contributed by atoms with Crippen LogP contribution in [-0.4, -0.2) is 22.0 Å². The zero-order valence-corrected chi connectivity index (χ0v) is 13.7. The van der Waals surface area contributed by atoms with Crippen molar-refractivity contribution in [2.75, 3.05) is 0 Å². The van der Waals surface area contributed by atoms with Crippen molar-refractivity contribution in [1.82, 2.24) is 4.98 Å². The van der Waals surface area contributed by atoms with E-state index in [0.29, 0.717) is 18.6 Å². The molecule has 5 rings (SSSR count). The molecule has 1 spiro atoms. The lowest BCUT2D eigenvalue weighted by Crippen LogP contribution is -2.45. The third-order valence-electron chi connectivity index (χ3n) is 5.64. The van der Waals surface area contributed by atoms with Crippen molar-refractivity contribution in [2.24, 2.45) is 4.99 Å². The summed E-state index contributed by atoms with van der Waals surface area (Å²) in [6.45, 7) is 0. The van der Waals surface area contributed by atoms with Gasteiger partial charge in [-0.05, 0) is 44.2 Å². The van der Waals surface area contributed by atoms with Gasteiger partial charge in [-0.1, -0.05) is 17.7 Å². The molecule has 2 heterocycles. The number of oxazole rings is 1. The van der Waals surface area contributed by atoms with Gasteiger partial charge in [-0.3, -0.25) is 9.79 Å². The minimum atomic E-state index is -0.202. The zero-order chi connectivity index (χ0) is 16.1. The molecular formula is C20H20N2O2. The van der Waals surface area contributed by atoms with Gasteiger partial charge < -0.3 is 4.42 Å². The molecule has 0 radical (unpaired) electrons. The van der Waals surface area contributed by atoms with Crippen LogP contribution in [0.15, 0.2) is 44.8 Å². The molecule has 1 aliphatic heterocycles. The number of rotatable bonds is 2. The molecule has 2 aliphatic carbocycles. The number of ketones is 1. The minimum absolute atomic E-state index is 0.202. The van der Waals surface area contributed by atoms with E-state index in [0.717, 1.165) is 60.4 Å². The molecule has 3 aliphatic rings. The van der Waals surface area contributed by atoms with E-state index in [4.69, 9.17) is 9.41 Å². The van der Waals surface area contributed by atoms with E-state index >= 15 is 0 Å². The van der Waals surface area contributed by atoms with Crippen molar-refractivity contribution >= 4 is 22.6 Å². The molecule has 122 valence electrons. The summed E-state index contributed by atoms with van der Waals surface area (Å²) in [5.74, 6) is 1.08. The highest BCUT2D eigenvalue weighted by molar-refractivity contribution is 6.03. The number of para-hydroxylation sites is 2. The summed E-state index contributed by atoms with van der Waals surface area (Å²) in [6, 6.07) is 7.85. The van der Waals surface area contributed by atoms with Gasteiger partial charge in [0.15, 0.2) is 11.4 Å². The van der Waals surface area contributed by atoms with Crippen molar-refractivity contribution in [3.63, 3.8) is 0 Å². The predicted molar refractivity (Wildman–Crippen MR) is 92.2 cm³/mol. The third-order valence-corrected chi connectivity index (χ3v) is 5.64. The molecule has 1 aromatic carbocycles. The van der Waals surface area contributed by atoms with Crippen LogP contribution in [0, 0.1) is 0 Å². The fraction of sp³-hybridized carbons (Fsp3) is 0.450. The molecule has 0 amide bonds. The number of dihydropyridines is 1. The number of nitrogens with zero attached hydrogens (tertiary/aromatic N) is 2. The molecule has 0 unspecified atom stereocenters. The maximum absolute atomic E-state index is 12.5. The summed E-state index contributed by atoms with van der Waals surface area (Å²) in [6.07, 6.45) is 7.44. The lowest BCUT2D eigenvalue weighted by atomic mass is 9.64. The number of Topliss-reactive ketones (excluding diaryl/α,β-unsaturated/α-hetero) is 1. The average molecular weight is 320 g/mol. The normalized spacial score (nSPS) is 22.5. The summed E-state index contributed by atoms with van der Waals surface area (Å²) in [5.41, 5.74) is 5.07. The summed E-state index contributed by atoms with van der Waals surface area (Å²) < 4.78 is 5.87. The Morgan fingerprint density at radius 3 is 2.79 bits per heavy atom. The molecule has 2 aromatic rings. The molecule has 4 nitrogen and oxygen atoms in total. The number of allylic oxidation sites excluding steroid dienone is 1. The quantitative estimate of drug-likeness (QED) is 0.834. The number of benzene rings is 1. The van der Waals surface area contributed by atoms with E-state index in [1.165, 1.54) is 12.0 Å². The maximum Gasteiger partial charge on any atom is 0.201 e. The molecule has 0 saturated heterocycles. The predicted octanol–water partition coefficient (Wildman–Crippen LogP) is 4.19. The Balaban J connectivity index is 1.49. The number of aliphatic imine (C=N–C) groups is 1. The summed E-state index contributed by atoms with van der Waals surface area (Å²) >= 11 is 0. The van der Waals surface area contributed by atoms with E-state index in [2.05, 4.69) is 4.98 Å². The van der Waals surface area contributed by atoms with Crippen LogP contribution in [0.1, 0.15) is 50.8 Å². The van der Waals surface area contributed by atoms with Crippen LogP contribution in [0.25, 0.3) is 11.1 Å². The van der Waals surface area contributed by atoms with Gasteiger partial charge in [0.2, 0.25) is 5.89 Å². The smallest absolute Gasteiger partial charge is 0.201 e. The monoisotopic (exact) mass is 320 g/mol. The second kappa shape index (κ2) is 5.13. The van der Waals surface area contributed by atoms with Crippen molar-refractivity contribution < 1.29 is 9.21 Å². The van der Waals surface area contributed by atoms with Gasteiger partial charge in [0.05, 0.1) is 12.0 Å². The molecule has 0 atom stereocenters. The van der Waals surface area contributed by atoms with Gasteiger partial charge in [-0.2, -0.15) is 0 Å². The third kappa shape index (κ3) is 2.09. The van der Waals surface area contributed by atoms with Crippen LogP contribution < -0.4 is 0 Å². The number of carbonyl (C=O) groups excluding carboxylic acids is 1. The Kier molecular flexibility index (Phi) is 3.02. The summed E-state index contributed by atoms with van der Waals surface area (Å²) in [5, 5.41) is 0. The van der Waals surface area contributed by atoms with Gasteiger partial charge in [0.25, 0.3) is 0 Å². The van der Waals surface area contributed by atoms with Crippen molar-refractivity contribution in [3.05, 3.63) is 41.3 Å². The Morgan fingerprint density at radius 1 is 1.12 bits per heavy atom. The zero-order valence-electron chi connectivity index (χ0n) is 13.7. The van der Waals surface area contributed by atoms with Crippen LogP contribution in [0.5, 0.6) is 0 Å². The second-order valence-corrected chi connectivity index (χ2v) is 7.25. The highest BCUT2D eigenvalue weighted by Crippen LogP contribution is 2.49. The first-order valence-corrected chi connectivity index (χ1v) is 8.91. The Labute approximate surface area is 140 Å². The fourth-order valence-corrected chi connectivity index (χ4v) is 4.46. The average Bonchev–Trinajstić information content (AvgIpc) is 2.95. The first kappa shape index (κ1) is 14.1. The van der Waals surface area contributed by atoms with E-state index in [1.807, 2.05) is 24.3 Å². The Morgan fingerprint density at radius 2 is 2.00 bits per heavy atom.